The maximum Gasteiger partial charge on any atom is 0.167 e. The van der Waals surface area contributed by atoms with Gasteiger partial charge in [-0.3, -0.25) is 9.48 Å². The van der Waals surface area contributed by atoms with Crippen molar-refractivity contribution in [3.8, 4) is 11.5 Å². The van der Waals surface area contributed by atoms with Crippen molar-refractivity contribution in [2.45, 2.75) is 20.3 Å². The molecule has 112 valence electrons. The Labute approximate surface area is 124 Å². The van der Waals surface area contributed by atoms with Crippen molar-refractivity contribution in [3.63, 3.8) is 0 Å². The quantitative estimate of drug-likeness (QED) is 0.793. The van der Waals surface area contributed by atoms with Crippen molar-refractivity contribution in [3.05, 3.63) is 40.7 Å². The molecule has 5 heteroatoms. The molecule has 0 aliphatic carbocycles. The molecule has 0 radical (unpaired) electrons. The van der Waals surface area contributed by atoms with Crippen LogP contribution in [-0.4, -0.2) is 29.8 Å². The molecule has 0 bridgehead atoms. The third-order valence-electron chi connectivity index (χ3n) is 3.67. The monoisotopic (exact) mass is 288 g/mol. The number of ether oxygens (including phenoxy) is 2. The molecule has 5 nitrogen and oxygen atoms in total. The van der Waals surface area contributed by atoms with Gasteiger partial charge in [0.25, 0.3) is 0 Å². The number of methoxy groups -OCH3 is 2. The summed E-state index contributed by atoms with van der Waals surface area (Å²) in [5.74, 6) is 1.24. The molecular weight excluding hydrogens is 268 g/mol. The van der Waals surface area contributed by atoms with Gasteiger partial charge in [-0.2, -0.15) is 5.10 Å². The van der Waals surface area contributed by atoms with Gasteiger partial charge in [0.05, 0.1) is 19.9 Å². The van der Waals surface area contributed by atoms with Gasteiger partial charge in [0.15, 0.2) is 5.78 Å². The van der Waals surface area contributed by atoms with E-state index >= 15 is 0 Å². The van der Waals surface area contributed by atoms with Crippen molar-refractivity contribution >= 4 is 5.78 Å². The Morgan fingerprint density at radius 3 is 2.14 bits per heavy atom. The summed E-state index contributed by atoms with van der Waals surface area (Å²) < 4.78 is 12.2. The van der Waals surface area contributed by atoms with Crippen LogP contribution in [0, 0.1) is 13.8 Å². The Morgan fingerprint density at radius 2 is 1.71 bits per heavy atom. The first-order valence-electron chi connectivity index (χ1n) is 6.71. The van der Waals surface area contributed by atoms with Crippen LogP contribution in [0.3, 0.4) is 0 Å². The average molecular weight is 288 g/mol. The van der Waals surface area contributed by atoms with E-state index < -0.39 is 0 Å². The average Bonchev–Trinajstić information content (AvgIpc) is 2.72. The van der Waals surface area contributed by atoms with Crippen molar-refractivity contribution in [2.75, 3.05) is 14.2 Å². The molecule has 0 saturated carbocycles. The van der Waals surface area contributed by atoms with Gasteiger partial charge in [-0.1, -0.05) is 0 Å². The highest BCUT2D eigenvalue weighted by molar-refractivity contribution is 5.98. The van der Waals surface area contributed by atoms with Gasteiger partial charge in [-0.05, 0) is 26.0 Å². The number of carbonyl (C=O) groups excluding carboxylic acids is 1. The van der Waals surface area contributed by atoms with E-state index in [1.54, 1.807) is 37.1 Å². The Kier molecular flexibility index (Phi) is 4.31. The van der Waals surface area contributed by atoms with Gasteiger partial charge in [0.1, 0.15) is 11.5 Å². The van der Waals surface area contributed by atoms with Crippen LogP contribution in [0.4, 0.5) is 0 Å². The second kappa shape index (κ2) is 5.99. The van der Waals surface area contributed by atoms with E-state index in [0.29, 0.717) is 23.5 Å². The highest BCUT2D eigenvalue weighted by Gasteiger charge is 2.16. The molecule has 0 aliphatic heterocycles. The molecule has 0 unspecified atom stereocenters. The van der Waals surface area contributed by atoms with E-state index in [0.717, 1.165) is 17.0 Å². The van der Waals surface area contributed by atoms with Crippen molar-refractivity contribution in [1.29, 1.82) is 0 Å². The molecule has 2 rings (SSSR count). The summed E-state index contributed by atoms with van der Waals surface area (Å²) in [5, 5.41) is 4.34. The van der Waals surface area contributed by atoms with E-state index in [4.69, 9.17) is 9.47 Å². The van der Waals surface area contributed by atoms with Gasteiger partial charge >= 0.3 is 0 Å². The summed E-state index contributed by atoms with van der Waals surface area (Å²) in [5.41, 5.74) is 3.45. The highest BCUT2D eigenvalue weighted by atomic mass is 16.5. The number of nitrogens with zero attached hydrogens (tertiary/aromatic N) is 2. The Bertz CT molecular complexity index is 652. The van der Waals surface area contributed by atoms with E-state index in [1.165, 1.54) is 0 Å². The largest absolute Gasteiger partial charge is 0.497 e. The van der Waals surface area contributed by atoms with Crippen molar-refractivity contribution in [1.82, 2.24) is 9.78 Å². The number of Topliss-reactive ketones (excluding diaryl/α,β-unsaturated/α-hetero) is 1. The lowest BCUT2D eigenvalue weighted by Crippen LogP contribution is -2.06. The van der Waals surface area contributed by atoms with Gasteiger partial charge in [-0.15, -0.1) is 0 Å². The van der Waals surface area contributed by atoms with Crippen LogP contribution in [0.25, 0.3) is 0 Å². The molecule has 0 fully saturated rings. The van der Waals surface area contributed by atoms with Crippen molar-refractivity contribution in [2.24, 2.45) is 7.05 Å². The standard InChI is InChI=1S/C16H20N2O3/c1-10-15(11(2)18(3)17-10)9-16(19)12-6-13(20-4)8-14(7-12)21-5/h6-8H,9H2,1-5H3. The third-order valence-corrected chi connectivity index (χ3v) is 3.67. The lowest BCUT2D eigenvalue weighted by Gasteiger charge is -2.08. The second-order valence-corrected chi connectivity index (χ2v) is 4.97. The third kappa shape index (κ3) is 3.07. The van der Waals surface area contributed by atoms with Crippen molar-refractivity contribution < 1.29 is 14.3 Å². The molecule has 0 amide bonds. The second-order valence-electron chi connectivity index (χ2n) is 4.97. The summed E-state index contributed by atoms with van der Waals surface area (Å²) in [4.78, 5) is 12.5. The number of aromatic nitrogens is 2. The summed E-state index contributed by atoms with van der Waals surface area (Å²) in [7, 11) is 5.02. The molecule has 0 aliphatic rings. The van der Waals surface area contributed by atoms with Gasteiger partial charge in [0, 0.05) is 36.4 Å². The molecule has 0 atom stereocenters. The van der Waals surface area contributed by atoms with E-state index in [2.05, 4.69) is 5.10 Å². The topological polar surface area (TPSA) is 53.4 Å². The predicted molar refractivity (Wildman–Crippen MR) is 80.3 cm³/mol. The zero-order valence-electron chi connectivity index (χ0n) is 13.1. The first-order valence-corrected chi connectivity index (χ1v) is 6.71. The highest BCUT2D eigenvalue weighted by Crippen LogP contribution is 2.24. The zero-order valence-corrected chi connectivity index (χ0v) is 13.1. The molecule has 0 N–H and O–H groups in total. The van der Waals surface area contributed by atoms with Crippen LogP contribution in [0.15, 0.2) is 18.2 Å². The molecule has 21 heavy (non-hydrogen) atoms. The normalized spacial score (nSPS) is 10.5. The van der Waals surface area contributed by atoms with Gasteiger partial charge in [-0.25, -0.2) is 0 Å². The van der Waals surface area contributed by atoms with Gasteiger partial charge in [0.2, 0.25) is 0 Å². The van der Waals surface area contributed by atoms with Crippen LogP contribution in [0.2, 0.25) is 0 Å². The summed E-state index contributed by atoms with van der Waals surface area (Å²) in [6.45, 7) is 3.89. The number of hydrogen-bond acceptors (Lipinski definition) is 4. The summed E-state index contributed by atoms with van der Waals surface area (Å²) >= 11 is 0. The maximum atomic E-state index is 12.5. The molecule has 1 heterocycles. The molecule has 0 spiro atoms. The predicted octanol–water partition coefficient (Wildman–Crippen LogP) is 2.48. The number of hydrogen-bond donors (Lipinski definition) is 0. The SMILES string of the molecule is COc1cc(OC)cc(C(=O)Cc2c(C)nn(C)c2C)c1. The van der Waals surface area contributed by atoms with Crippen LogP contribution in [0.1, 0.15) is 27.3 Å². The first kappa shape index (κ1) is 15.1. The zero-order chi connectivity index (χ0) is 15.6. The van der Waals surface area contributed by atoms with E-state index in [1.807, 2.05) is 20.9 Å². The molecule has 2 aromatic rings. The lowest BCUT2D eigenvalue weighted by atomic mass is 10.0. The number of benzene rings is 1. The maximum absolute atomic E-state index is 12.5. The Hall–Kier alpha value is -2.30. The van der Waals surface area contributed by atoms with Crippen LogP contribution in [-0.2, 0) is 13.5 Å². The smallest absolute Gasteiger partial charge is 0.167 e. The fraction of sp³-hybridized carbons (Fsp3) is 0.375. The Balaban J connectivity index is 2.32. The summed E-state index contributed by atoms with van der Waals surface area (Å²) in [6, 6.07) is 5.20. The van der Waals surface area contributed by atoms with E-state index in [-0.39, 0.29) is 5.78 Å². The van der Waals surface area contributed by atoms with Crippen LogP contribution < -0.4 is 9.47 Å². The fourth-order valence-electron chi connectivity index (χ4n) is 2.30. The fourth-order valence-corrected chi connectivity index (χ4v) is 2.30. The Morgan fingerprint density at radius 1 is 1.14 bits per heavy atom. The minimum Gasteiger partial charge on any atom is -0.497 e. The lowest BCUT2D eigenvalue weighted by molar-refractivity contribution is 0.0992. The number of carbonyl (C=O) groups is 1. The number of rotatable bonds is 5. The number of aryl methyl sites for hydroxylation is 2. The summed E-state index contributed by atoms with van der Waals surface area (Å²) in [6.07, 6.45) is 0.321. The minimum absolute atomic E-state index is 0.0198. The molecule has 1 aromatic carbocycles. The van der Waals surface area contributed by atoms with Crippen LogP contribution in [0.5, 0.6) is 11.5 Å². The molecule has 1 aromatic heterocycles. The molecular formula is C16H20N2O3. The van der Waals surface area contributed by atoms with Crippen LogP contribution >= 0.6 is 0 Å². The minimum atomic E-state index is 0.0198. The van der Waals surface area contributed by atoms with E-state index in [9.17, 15) is 4.79 Å². The number of ketones is 1. The first-order chi connectivity index (χ1) is 9.96. The van der Waals surface area contributed by atoms with Gasteiger partial charge < -0.3 is 9.47 Å². The molecule has 0 saturated heterocycles.